The maximum Gasteiger partial charge on any atom is 0.262 e. The Bertz CT molecular complexity index is 909. The molecule has 1 N–H and O–H groups in total. The topological polar surface area (TPSA) is 75.7 Å². The fourth-order valence-electron chi connectivity index (χ4n) is 3.27. The molecule has 3 amide bonds. The summed E-state index contributed by atoms with van der Waals surface area (Å²) >= 11 is 6.12. The van der Waals surface area contributed by atoms with Gasteiger partial charge in [-0.15, -0.1) is 0 Å². The van der Waals surface area contributed by atoms with Crippen molar-refractivity contribution in [1.29, 1.82) is 0 Å². The Balaban J connectivity index is 1.91. The number of carbonyl (C=O) groups is 3. The molecule has 2 atom stereocenters. The molecule has 0 aliphatic carbocycles. The van der Waals surface area contributed by atoms with Crippen molar-refractivity contribution in [3.63, 3.8) is 0 Å². The third-order valence-electron chi connectivity index (χ3n) is 4.97. The van der Waals surface area contributed by atoms with Gasteiger partial charge in [0.15, 0.2) is 0 Å². The maximum absolute atomic E-state index is 13.1. The standard InChI is InChI=1S/C21H21ClN2O4/c1-4-12(2)18(19(25)23-13-9-10-17(28-3)16(22)11-13)24-20(26)14-7-5-6-8-15(14)21(24)27/h5-12,18H,4H2,1-3H3,(H,23,25)/t12-,18-/m0/s1. The van der Waals surface area contributed by atoms with Gasteiger partial charge in [-0.1, -0.05) is 44.0 Å². The summed E-state index contributed by atoms with van der Waals surface area (Å²) in [7, 11) is 1.50. The van der Waals surface area contributed by atoms with Gasteiger partial charge in [-0.2, -0.15) is 0 Å². The van der Waals surface area contributed by atoms with E-state index in [9.17, 15) is 14.4 Å². The number of benzene rings is 2. The fraction of sp³-hybridized carbons (Fsp3) is 0.286. The van der Waals surface area contributed by atoms with E-state index in [1.54, 1.807) is 42.5 Å². The van der Waals surface area contributed by atoms with Crippen LogP contribution < -0.4 is 10.1 Å². The Morgan fingerprint density at radius 1 is 1.14 bits per heavy atom. The van der Waals surface area contributed by atoms with Crippen LogP contribution in [0.2, 0.25) is 5.02 Å². The van der Waals surface area contributed by atoms with Crippen molar-refractivity contribution < 1.29 is 19.1 Å². The molecule has 146 valence electrons. The quantitative estimate of drug-likeness (QED) is 0.743. The molecule has 1 aliphatic rings. The molecule has 0 spiro atoms. The Hall–Kier alpha value is -2.86. The van der Waals surface area contributed by atoms with E-state index >= 15 is 0 Å². The molecule has 28 heavy (non-hydrogen) atoms. The lowest BCUT2D eigenvalue weighted by Gasteiger charge is -2.29. The first-order chi connectivity index (χ1) is 13.4. The van der Waals surface area contributed by atoms with Gasteiger partial charge in [0.2, 0.25) is 5.91 Å². The van der Waals surface area contributed by atoms with Crippen LogP contribution in [0.1, 0.15) is 41.0 Å². The molecule has 6 nitrogen and oxygen atoms in total. The molecule has 7 heteroatoms. The molecule has 0 bridgehead atoms. The number of hydrogen-bond donors (Lipinski definition) is 1. The molecule has 0 unspecified atom stereocenters. The summed E-state index contributed by atoms with van der Waals surface area (Å²) in [5.74, 6) is -1.08. The second kappa shape index (κ2) is 8.02. The average Bonchev–Trinajstić information content (AvgIpc) is 2.93. The van der Waals surface area contributed by atoms with Crippen molar-refractivity contribution in [3.05, 3.63) is 58.6 Å². The molecular weight excluding hydrogens is 380 g/mol. The van der Waals surface area contributed by atoms with Crippen molar-refractivity contribution in [2.24, 2.45) is 5.92 Å². The van der Waals surface area contributed by atoms with Gasteiger partial charge in [-0.3, -0.25) is 19.3 Å². The minimum absolute atomic E-state index is 0.226. The number of rotatable bonds is 6. The second-order valence-electron chi connectivity index (χ2n) is 6.69. The number of ether oxygens (including phenoxy) is 1. The van der Waals surface area contributed by atoms with Crippen LogP contribution in [0, 0.1) is 5.92 Å². The maximum atomic E-state index is 13.1. The summed E-state index contributed by atoms with van der Waals surface area (Å²) in [6.45, 7) is 3.75. The third-order valence-corrected chi connectivity index (χ3v) is 5.27. The Morgan fingerprint density at radius 2 is 1.75 bits per heavy atom. The Kier molecular flexibility index (Phi) is 5.70. The number of fused-ring (bicyclic) bond motifs is 1. The Labute approximate surface area is 168 Å². The highest BCUT2D eigenvalue weighted by molar-refractivity contribution is 6.32. The summed E-state index contributed by atoms with van der Waals surface area (Å²) in [6.07, 6.45) is 0.620. The van der Waals surface area contributed by atoms with Crippen LogP contribution in [0.3, 0.4) is 0 Å². The smallest absolute Gasteiger partial charge is 0.262 e. The average molecular weight is 401 g/mol. The van der Waals surface area contributed by atoms with Gasteiger partial charge in [-0.25, -0.2) is 0 Å². The number of halogens is 1. The van der Waals surface area contributed by atoms with Crippen LogP contribution in [-0.2, 0) is 4.79 Å². The van der Waals surface area contributed by atoms with E-state index in [1.807, 2.05) is 13.8 Å². The largest absolute Gasteiger partial charge is 0.495 e. The molecule has 0 aromatic heterocycles. The van der Waals surface area contributed by atoms with Gasteiger partial charge in [0, 0.05) is 5.69 Å². The number of methoxy groups -OCH3 is 1. The first kappa shape index (κ1) is 19.9. The van der Waals surface area contributed by atoms with E-state index in [2.05, 4.69) is 5.32 Å². The minimum Gasteiger partial charge on any atom is -0.495 e. The molecule has 1 aliphatic heterocycles. The van der Waals surface area contributed by atoms with Gasteiger partial charge < -0.3 is 10.1 Å². The summed E-state index contributed by atoms with van der Waals surface area (Å²) in [4.78, 5) is 39.8. The molecule has 0 saturated heterocycles. The molecule has 1 heterocycles. The molecule has 0 radical (unpaired) electrons. The third kappa shape index (κ3) is 3.47. The number of amides is 3. The number of nitrogens with zero attached hydrogens (tertiary/aromatic N) is 1. The SMILES string of the molecule is CC[C@H](C)[C@@H](C(=O)Nc1ccc(OC)c(Cl)c1)N1C(=O)c2ccccc2C1=O. The molecular formula is C21H21ClN2O4. The van der Waals surface area contributed by atoms with E-state index in [4.69, 9.17) is 16.3 Å². The zero-order valence-corrected chi connectivity index (χ0v) is 16.6. The van der Waals surface area contributed by atoms with E-state index in [0.717, 1.165) is 4.90 Å². The number of anilines is 1. The van der Waals surface area contributed by atoms with Crippen molar-refractivity contribution in [2.45, 2.75) is 26.3 Å². The van der Waals surface area contributed by atoms with Crippen LogP contribution >= 0.6 is 11.6 Å². The molecule has 0 fully saturated rings. The first-order valence-electron chi connectivity index (χ1n) is 9.00. The lowest BCUT2D eigenvalue weighted by molar-refractivity contribution is -0.121. The van der Waals surface area contributed by atoms with E-state index < -0.39 is 23.8 Å². The van der Waals surface area contributed by atoms with Crippen molar-refractivity contribution >= 4 is 35.0 Å². The normalized spacial score (nSPS) is 15.2. The van der Waals surface area contributed by atoms with Gasteiger partial charge in [0.1, 0.15) is 11.8 Å². The van der Waals surface area contributed by atoms with Crippen LogP contribution in [-0.4, -0.2) is 35.8 Å². The van der Waals surface area contributed by atoms with E-state index in [-0.39, 0.29) is 5.92 Å². The van der Waals surface area contributed by atoms with Crippen LogP contribution in [0.15, 0.2) is 42.5 Å². The van der Waals surface area contributed by atoms with E-state index in [1.165, 1.54) is 7.11 Å². The van der Waals surface area contributed by atoms with Crippen LogP contribution in [0.5, 0.6) is 5.75 Å². The number of carbonyl (C=O) groups excluding carboxylic acids is 3. The van der Waals surface area contributed by atoms with Crippen LogP contribution in [0.25, 0.3) is 0 Å². The molecule has 2 aromatic rings. The zero-order chi connectivity index (χ0) is 20.4. The predicted octanol–water partition coefficient (Wildman–Crippen LogP) is 4.00. The lowest BCUT2D eigenvalue weighted by Crippen LogP contribution is -2.50. The Morgan fingerprint density at radius 3 is 2.25 bits per heavy atom. The summed E-state index contributed by atoms with van der Waals surface area (Å²) in [5, 5.41) is 3.12. The second-order valence-corrected chi connectivity index (χ2v) is 7.10. The summed E-state index contributed by atoms with van der Waals surface area (Å²) in [5.41, 5.74) is 1.10. The predicted molar refractivity (Wildman–Crippen MR) is 107 cm³/mol. The van der Waals surface area contributed by atoms with Gasteiger partial charge in [0.25, 0.3) is 11.8 Å². The number of hydrogen-bond acceptors (Lipinski definition) is 4. The summed E-state index contributed by atoms with van der Waals surface area (Å²) in [6, 6.07) is 10.5. The number of nitrogens with one attached hydrogen (secondary N) is 1. The van der Waals surface area contributed by atoms with Crippen molar-refractivity contribution in [1.82, 2.24) is 4.90 Å². The first-order valence-corrected chi connectivity index (χ1v) is 9.38. The molecule has 0 saturated carbocycles. The summed E-state index contributed by atoms with van der Waals surface area (Å²) < 4.78 is 5.11. The van der Waals surface area contributed by atoms with Crippen LogP contribution in [0.4, 0.5) is 5.69 Å². The highest BCUT2D eigenvalue weighted by atomic mass is 35.5. The molecule has 3 rings (SSSR count). The van der Waals surface area contributed by atoms with E-state index in [0.29, 0.717) is 34.0 Å². The van der Waals surface area contributed by atoms with Gasteiger partial charge >= 0.3 is 0 Å². The highest BCUT2D eigenvalue weighted by Gasteiger charge is 2.44. The highest BCUT2D eigenvalue weighted by Crippen LogP contribution is 2.30. The van der Waals surface area contributed by atoms with Gasteiger partial charge in [0.05, 0.1) is 23.3 Å². The van der Waals surface area contributed by atoms with Gasteiger partial charge in [-0.05, 0) is 36.2 Å². The minimum atomic E-state index is -0.932. The lowest BCUT2D eigenvalue weighted by atomic mass is 9.96. The monoisotopic (exact) mass is 400 g/mol. The fourth-order valence-corrected chi connectivity index (χ4v) is 3.53. The number of imide groups is 1. The van der Waals surface area contributed by atoms with Crippen molar-refractivity contribution in [2.75, 3.05) is 12.4 Å². The van der Waals surface area contributed by atoms with Crippen molar-refractivity contribution in [3.8, 4) is 5.75 Å². The molecule has 2 aromatic carbocycles. The zero-order valence-electron chi connectivity index (χ0n) is 15.9.